The van der Waals surface area contributed by atoms with Crippen molar-refractivity contribution in [3.8, 4) is 5.75 Å². The highest BCUT2D eigenvalue weighted by molar-refractivity contribution is 9.10. The van der Waals surface area contributed by atoms with E-state index in [0.29, 0.717) is 18.7 Å². The van der Waals surface area contributed by atoms with Gasteiger partial charge >= 0.3 is 0 Å². The van der Waals surface area contributed by atoms with Gasteiger partial charge in [0, 0.05) is 23.0 Å². The van der Waals surface area contributed by atoms with Crippen LogP contribution in [0.1, 0.15) is 16.8 Å². The number of benzene rings is 3. The van der Waals surface area contributed by atoms with Gasteiger partial charge in [0.15, 0.2) is 0 Å². The van der Waals surface area contributed by atoms with Crippen LogP contribution in [0.5, 0.6) is 5.75 Å². The zero-order valence-electron chi connectivity index (χ0n) is 15.3. The maximum absolute atomic E-state index is 12.0. The Kier molecular flexibility index (Phi) is 7.03. The minimum Gasteiger partial charge on any atom is -0.492 e. The van der Waals surface area contributed by atoms with Crippen LogP contribution in [0.4, 0.5) is 0 Å². The molecule has 2 amide bonds. The predicted octanol–water partition coefficient (Wildman–Crippen LogP) is 3.92. The van der Waals surface area contributed by atoms with Gasteiger partial charge in [-0.25, -0.2) is 0 Å². The molecule has 0 aliphatic rings. The molecule has 0 unspecified atom stereocenters. The van der Waals surface area contributed by atoms with Crippen LogP contribution in [0.15, 0.2) is 71.2 Å². The van der Waals surface area contributed by atoms with E-state index in [1.807, 2.05) is 36.4 Å². The minimum absolute atomic E-state index is 0.127. The van der Waals surface area contributed by atoms with E-state index in [2.05, 4.69) is 32.6 Å². The van der Waals surface area contributed by atoms with E-state index in [1.54, 1.807) is 24.3 Å². The smallest absolute Gasteiger partial charge is 0.251 e. The predicted molar refractivity (Wildman–Crippen MR) is 114 cm³/mol. The molecule has 0 atom stereocenters. The zero-order chi connectivity index (χ0) is 19.8. The molecule has 0 bridgehead atoms. The quantitative estimate of drug-likeness (QED) is 0.521. The fraction of sp³-hybridized carbons (Fsp3) is 0.182. The van der Waals surface area contributed by atoms with Crippen LogP contribution in [0, 0.1) is 0 Å². The Morgan fingerprint density at radius 3 is 2.39 bits per heavy atom. The third kappa shape index (κ3) is 5.82. The largest absolute Gasteiger partial charge is 0.492 e. The van der Waals surface area contributed by atoms with E-state index in [9.17, 15) is 9.59 Å². The molecule has 0 aromatic heterocycles. The zero-order valence-corrected chi connectivity index (χ0v) is 16.9. The van der Waals surface area contributed by atoms with Crippen molar-refractivity contribution in [2.75, 3.05) is 19.7 Å². The van der Waals surface area contributed by atoms with Crippen molar-refractivity contribution >= 4 is 38.5 Å². The number of nitrogens with one attached hydrogen (secondary N) is 2. The van der Waals surface area contributed by atoms with Crippen molar-refractivity contribution in [1.82, 2.24) is 10.6 Å². The topological polar surface area (TPSA) is 67.4 Å². The van der Waals surface area contributed by atoms with Crippen molar-refractivity contribution in [3.05, 3.63) is 76.8 Å². The lowest BCUT2D eigenvalue weighted by Gasteiger charge is -2.09. The van der Waals surface area contributed by atoms with Crippen LogP contribution in [0.3, 0.4) is 0 Å². The van der Waals surface area contributed by atoms with Gasteiger partial charge in [0.05, 0.1) is 6.54 Å². The average molecular weight is 441 g/mol. The van der Waals surface area contributed by atoms with Gasteiger partial charge in [-0.3, -0.25) is 9.59 Å². The average Bonchev–Trinajstić information content (AvgIpc) is 2.71. The molecule has 3 rings (SSSR count). The van der Waals surface area contributed by atoms with Gasteiger partial charge < -0.3 is 15.4 Å². The van der Waals surface area contributed by atoms with Crippen molar-refractivity contribution in [1.29, 1.82) is 0 Å². The standard InChI is InChI=1S/C22H21BrN2O3/c23-19-8-5-17(6-9-19)22(27)25-12-11-21(26)24-13-14-28-20-10-7-16-3-1-2-4-18(16)15-20/h1-10,15H,11-14H2,(H,24,26)(H,25,27). The van der Waals surface area contributed by atoms with Crippen molar-refractivity contribution in [2.24, 2.45) is 0 Å². The molecule has 3 aromatic rings. The molecule has 0 heterocycles. The molecule has 0 aliphatic heterocycles. The minimum atomic E-state index is -0.195. The van der Waals surface area contributed by atoms with Crippen LogP contribution < -0.4 is 15.4 Å². The molecule has 0 spiro atoms. The molecule has 6 heteroatoms. The van der Waals surface area contributed by atoms with Gasteiger partial charge in [-0.05, 0) is 47.2 Å². The third-order valence-corrected chi connectivity index (χ3v) is 4.69. The lowest BCUT2D eigenvalue weighted by Crippen LogP contribution is -2.32. The molecular formula is C22H21BrN2O3. The Morgan fingerprint density at radius 2 is 1.61 bits per heavy atom. The van der Waals surface area contributed by atoms with Gasteiger partial charge in [0.2, 0.25) is 5.91 Å². The van der Waals surface area contributed by atoms with Gasteiger partial charge in [-0.15, -0.1) is 0 Å². The first-order chi connectivity index (χ1) is 13.6. The monoisotopic (exact) mass is 440 g/mol. The fourth-order valence-corrected chi connectivity index (χ4v) is 2.96. The van der Waals surface area contributed by atoms with Crippen LogP contribution in [0.2, 0.25) is 0 Å². The van der Waals surface area contributed by atoms with Gasteiger partial charge in [-0.2, -0.15) is 0 Å². The molecule has 5 nitrogen and oxygen atoms in total. The summed E-state index contributed by atoms with van der Waals surface area (Å²) in [6.45, 7) is 1.08. The number of hydrogen-bond donors (Lipinski definition) is 2. The lowest BCUT2D eigenvalue weighted by atomic mass is 10.1. The van der Waals surface area contributed by atoms with Crippen LogP contribution in [0.25, 0.3) is 10.8 Å². The number of rotatable bonds is 8. The number of hydrogen-bond acceptors (Lipinski definition) is 3. The molecule has 28 heavy (non-hydrogen) atoms. The van der Waals surface area contributed by atoms with E-state index < -0.39 is 0 Å². The van der Waals surface area contributed by atoms with Gasteiger partial charge in [0.25, 0.3) is 5.91 Å². The lowest BCUT2D eigenvalue weighted by molar-refractivity contribution is -0.121. The summed E-state index contributed by atoms with van der Waals surface area (Å²) in [7, 11) is 0. The SMILES string of the molecule is O=C(CCNC(=O)c1ccc(Br)cc1)NCCOc1ccc2ccccc2c1. The normalized spacial score (nSPS) is 10.5. The Morgan fingerprint density at radius 1 is 0.857 bits per heavy atom. The van der Waals surface area contributed by atoms with Gasteiger partial charge in [0.1, 0.15) is 12.4 Å². The Labute approximate surface area is 172 Å². The summed E-state index contributed by atoms with van der Waals surface area (Å²) < 4.78 is 6.60. The van der Waals surface area contributed by atoms with Crippen molar-refractivity contribution in [2.45, 2.75) is 6.42 Å². The highest BCUT2D eigenvalue weighted by Crippen LogP contribution is 2.20. The van der Waals surface area contributed by atoms with E-state index in [-0.39, 0.29) is 24.8 Å². The molecular weight excluding hydrogens is 420 g/mol. The number of fused-ring (bicyclic) bond motifs is 1. The Balaban J connectivity index is 1.33. The highest BCUT2D eigenvalue weighted by Gasteiger charge is 2.06. The second kappa shape index (κ2) is 9.90. The molecule has 144 valence electrons. The Bertz CT molecular complexity index is 957. The summed E-state index contributed by atoms with van der Waals surface area (Å²) in [6, 6.07) is 21.0. The first kappa shape index (κ1) is 19.9. The van der Waals surface area contributed by atoms with Crippen LogP contribution in [-0.4, -0.2) is 31.5 Å². The summed E-state index contributed by atoms with van der Waals surface area (Å²) in [5.74, 6) is 0.452. The van der Waals surface area contributed by atoms with Crippen LogP contribution in [-0.2, 0) is 4.79 Å². The van der Waals surface area contributed by atoms with E-state index in [4.69, 9.17) is 4.74 Å². The molecule has 0 fully saturated rings. The number of amides is 2. The second-order valence-electron chi connectivity index (χ2n) is 6.22. The maximum atomic E-state index is 12.0. The summed E-state index contributed by atoms with van der Waals surface area (Å²) in [5, 5.41) is 7.80. The second-order valence-corrected chi connectivity index (χ2v) is 7.14. The highest BCUT2D eigenvalue weighted by atomic mass is 79.9. The Hall–Kier alpha value is -2.86. The van der Waals surface area contributed by atoms with E-state index >= 15 is 0 Å². The molecule has 0 aliphatic carbocycles. The first-order valence-electron chi connectivity index (χ1n) is 9.04. The third-order valence-electron chi connectivity index (χ3n) is 4.16. The van der Waals surface area contributed by atoms with E-state index in [0.717, 1.165) is 21.0 Å². The summed E-state index contributed by atoms with van der Waals surface area (Å²) in [6.07, 6.45) is 0.220. The fourth-order valence-electron chi connectivity index (χ4n) is 2.70. The van der Waals surface area contributed by atoms with Gasteiger partial charge in [-0.1, -0.05) is 46.3 Å². The first-order valence-corrected chi connectivity index (χ1v) is 9.83. The van der Waals surface area contributed by atoms with Crippen molar-refractivity contribution in [3.63, 3.8) is 0 Å². The molecule has 0 radical (unpaired) electrons. The summed E-state index contributed by atoms with van der Waals surface area (Å²) in [5.41, 5.74) is 0.562. The number of carbonyl (C=O) groups is 2. The summed E-state index contributed by atoms with van der Waals surface area (Å²) >= 11 is 3.33. The molecule has 0 saturated heterocycles. The van der Waals surface area contributed by atoms with E-state index in [1.165, 1.54) is 0 Å². The van der Waals surface area contributed by atoms with Crippen LogP contribution >= 0.6 is 15.9 Å². The maximum Gasteiger partial charge on any atom is 0.251 e. The number of carbonyl (C=O) groups excluding carboxylic acids is 2. The number of halogens is 1. The molecule has 3 aromatic carbocycles. The van der Waals surface area contributed by atoms with Crippen molar-refractivity contribution < 1.29 is 14.3 Å². The molecule has 0 saturated carbocycles. The summed E-state index contributed by atoms with van der Waals surface area (Å²) in [4.78, 5) is 23.8. The number of ether oxygens (including phenoxy) is 1. The molecule has 2 N–H and O–H groups in total.